The summed E-state index contributed by atoms with van der Waals surface area (Å²) in [5, 5.41) is 8.91. The normalized spacial score (nSPS) is 12.2. The standard InChI is InChI=1S/C9H11BrN2O4/c1-4(10)7-11-5(9(14)15)6(16-3)8(13)12(7)2/h4H,1-3H3,(H,14,15). The minimum absolute atomic E-state index is 0.228. The molecule has 0 amide bonds. The summed E-state index contributed by atoms with van der Waals surface area (Å²) < 4.78 is 6.02. The predicted octanol–water partition coefficient (Wildman–Crippen LogP) is 0.943. The maximum absolute atomic E-state index is 11.8. The highest BCUT2D eigenvalue weighted by molar-refractivity contribution is 9.09. The minimum Gasteiger partial charge on any atom is -0.489 e. The van der Waals surface area contributed by atoms with E-state index in [0.29, 0.717) is 5.82 Å². The zero-order valence-electron chi connectivity index (χ0n) is 9.02. The van der Waals surface area contributed by atoms with Gasteiger partial charge in [-0.3, -0.25) is 9.36 Å². The number of hydrogen-bond acceptors (Lipinski definition) is 4. The number of alkyl halides is 1. The Morgan fingerprint density at radius 3 is 2.56 bits per heavy atom. The molecule has 0 fully saturated rings. The second-order valence-electron chi connectivity index (χ2n) is 3.14. The van der Waals surface area contributed by atoms with E-state index in [0.717, 1.165) is 0 Å². The number of methoxy groups -OCH3 is 1. The van der Waals surface area contributed by atoms with Crippen molar-refractivity contribution in [3.63, 3.8) is 0 Å². The van der Waals surface area contributed by atoms with Crippen molar-refractivity contribution in [1.29, 1.82) is 0 Å². The molecule has 0 aromatic carbocycles. The first-order chi connectivity index (χ1) is 7.40. The van der Waals surface area contributed by atoms with E-state index in [9.17, 15) is 9.59 Å². The van der Waals surface area contributed by atoms with Crippen LogP contribution in [-0.4, -0.2) is 27.7 Å². The number of ether oxygens (including phenoxy) is 1. The van der Waals surface area contributed by atoms with Gasteiger partial charge in [-0.05, 0) is 6.92 Å². The quantitative estimate of drug-likeness (QED) is 0.838. The Hall–Kier alpha value is -1.37. The molecule has 1 rings (SSSR count). The molecule has 0 aliphatic carbocycles. The molecule has 1 unspecified atom stereocenters. The molecule has 0 saturated carbocycles. The molecule has 1 heterocycles. The third-order valence-electron chi connectivity index (χ3n) is 2.05. The molecule has 16 heavy (non-hydrogen) atoms. The van der Waals surface area contributed by atoms with Crippen molar-refractivity contribution in [2.45, 2.75) is 11.8 Å². The fourth-order valence-corrected chi connectivity index (χ4v) is 1.69. The van der Waals surface area contributed by atoms with Crippen LogP contribution in [0.2, 0.25) is 0 Å². The summed E-state index contributed by atoms with van der Waals surface area (Å²) in [6, 6.07) is 0. The molecular formula is C9H11BrN2O4. The van der Waals surface area contributed by atoms with Gasteiger partial charge in [0.05, 0.1) is 11.9 Å². The summed E-state index contributed by atoms with van der Waals surface area (Å²) in [6.45, 7) is 1.75. The molecule has 0 saturated heterocycles. The monoisotopic (exact) mass is 290 g/mol. The zero-order valence-corrected chi connectivity index (χ0v) is 10.6. The van der Waals surface area contributed by atoms with Gasteiger partial charge >= 0.3 is 5.97 Å². The van der Waals surface area contributed by atoms with Crippen LogP contribution in [0.1, 0.15) is 28.1 Å². The van der Waals surface area contributed by atoms with Crippen molar-refractivity contribution < 1.29 is 14.6 Å². The number of rotatable bonds is 3. The minimum atomic E-state index is -1.29. The Bertz CT molecular complexity index is 481. The van der Waals surface area contributed by atoms with E-state index in [1.165, 1.54) is 18.7 Å². The van der Waals surface area contributed by atoms with E-state index >= 15 is 0 Å². The Balaban J connectivity index is 3.63. The van der Waals surface area contributed by atoms with Crippen LogP contribution in [0.3, 0.4) is 0 Å². The fraction of sp³-hybridized carbons (Fsp3) is 0.444. The topological polar surface area (TPSA) is 81.4 Å². The van der Waals surface area contributed by atoms with Gasteiger partial charge in [-0.1, -0.05) is 15.9 Å². The maximum Gasteiger partial charge on any atom is 0.358 e. The van der Waals surface area contributed by atoms with Crippen LogP contribution in [0, 0.1) is 0 Å². The van der Waals surface area contributed by atoms with Gasteiger partial charge < -0.3 is 9.84 Å². The summed E-state index contributed by atoms with van der Waals surface area (Å²) in [6.07, 6.45) is 0. The number of nitrogens with zero attached hydrogens (tertiary/aromatic N) is 2. The summed E-state index contributed by atoms with van der Waals surface area (Å²) in [4.78, 5) is 26.3. The Morgan fingerprint density at radius 1 is 1.62 bits per heavy atom. The number of carboxylic acids is 1. The lowest BCUT2D eigenvalue weighted by Crippen LogP contribution is -2.27. The van der Waals surface area contributed by atoms with Crippen molar-refractivity contribution in [1.82, 2.24) is 9.55 Å². The molecule has 0 aliphatic heterocycles. The van der Waals surface area contributed by atoms with Gasteiger partial charge in [0.2, 0.25) is 5.75 Å². The van der Waals surface area contributed by atoms with E-state index in [-0.39, 0.29) is 16.3 Å². The van der Waals surface area contributed by atoms with Crippen molar-refractivity contribution in [2.24, 2.45) is 7.05 Å². The van der Waals surface area contributed by atoms with Crippen molar-refractivity contribution in [3.05, 3.63) is 21.9 Å². The van der Waals surface area contributed by atoms with Gasteiger partial charge in [-0.25, -0.2) is 9.78 Å². The largest absolute Gasteiger partial charge is 0.489 e. The van der Waals surface area contributed by atoms with E-state index in [4.69, 9.17) is 9.84 Å². The summed E-state index contributed by atoms with van der Waals surface area (Å²) in [7, 11) is 2.75. The first-order valence-electron chi connectivity index (χ1n) is 4.42. The molecule has 0 aliphatic rings. The number of hydrogen-bond donors (Lipinski definition) is 1. The molecule has 0 spiro atoms. The van der Waals surface area contributed by atoms with Gasteiger partial charge in [-0.2, -0.15) is 0 Å². The molecule has 0 bridgehead atoms. The number of aromatic nitrogens is 2. The van der Waals surface area contributed by atoms with E-state index in [2.05, 4.69) is 20.9 Å². The van der Waals surface area contributed by atoms with Crippen molar-refractivity contribution in [2.75, 3.05) is 7.11 Å². The van der Waals surface area contributed by atoms with Gasteiger partial charge in [0.1, 0.15) is 5.82 Å². The molecule has 0 radical (unpaired) electrons. The van der Waals surface area contributed by atoms with Gasteiger partial charge in [0, 0.05) is 7.05 Å². The first kappa shape index (κ1) is 12.7. The number of carbonyl (C=O) groups is 1. The lowest BCUT2D eigenvalue weighted by Gasteiger charge is -2.12. The highest BCUT2D eigenvalue weighted by Crippen LogP contribution is 2.20. The summed E-state index contributed by atoms with van der Waals surface area (Å²) in [5.41, 5.74) is -0.886. The lowest BCUT2D eigenvalue weighted by atomic mass is 10.3. The second-order valence-corrected chi connectivity index (χ2v) is 4.51. The van der Waals surface area contributed by atoms with Crippen LogP contribution in [-0.2, 0) is 7.05 Å². The molecule has 88 valence electrons. The highest BCUT2D eigenvalue weighted by Gasteiger charge is 2.21. The Kier molecular flexibility index (Phi) is 3.69. The molecular weight excluding hydrogens is 280 g/mol. The summed E-state index contributed by atoms with van der Waals surface area (Å²) >= 11 is 3.24. The Morgan fingerprint density at radius 2 is 2.19 bits per heavy atom. The smallest absolute Gasteiger partial charge is 0.358 e. The van der Waals surface area contributed by atoms with Crippen molar-refractivity contribution in [3.8, 4) is 5.75 Å². The number of halogens is 1. The van der Waals surface area contributed by atoms with Crippen LogP contribution in [0.15, 0.2) is 4.79 Å². The average Bonchev–Trinajstić information content (AvgIpc) is 2.20. The van der Waals surface area contributed by atoms with Gasteiger partial charge in [0.25, 0.3) is 5.56 Å². The molecule has 7 heteroatoms. The van der Waals surface area contributed by atoms with E-state index in [1.54, 1.807) is 6.92 Å². The SMILES string of the molecule is COc1c(C(=O)O)nc(C(C)Br)n(C)c1=O. The maximum atomic E-state index is 11.8. The van der Waals surface area contributed by atoms with E-state index in [1.807, 2.05) is 0 Å². The van der Waals surface area contributed by atoms with Gasteiger partial charge in [0.15, 0.2) is 5.69 Å². The van der Waals surface area contributed by atoms with Crippen LogP contribution in [0.25, 0.3) is 0 Å². The van der Waals surface area contributed by atoms with Gasteiger partial charge in [-0.15, -0.1) is 0 Å². The van der Waals surface area contributed by atoms with Crippen LogP contribution in [0.4, 0.5) is 0 Å². The predicted molar refractivity (Wildman–Crippen MR) is 60.3 cm³/mol. The van der Waals surface area contributed by atoms with E-state index < -0.39 is 11.5 Å². The first-order valence-corrected chi connectivity index (χ1v) is 5.34. The Labute approximate surface area is 100 Å². The van der Waals surface area contributed by atoms with Crippen molar-refractivity contribution >= 4 is 21.9 Å². The third kappa shape index (κ3) is 2.08. The zero-order chi connectivity index (χ0) is 12.5. The lowest BCUT2D eigenvalue weighted by molar-refractivity contribution is 0.0685. The van der Waals surface area contributed by atoms with Crippen LogP contribution < -0.4 is 10.3 Å². The highest BCUT2D eigenvalue weighted by atomic mass is 79.9. The molecule has 1 aromatic rings. The number of aromatic carboxylic acids is 1. The molecule has 1 N–H and O–H groups in total. The van der Waals surface area contributed by atoms with Crippen LogP contribution in [0.5, 0.6) is 5.75 Å². The molecule has 1 atom stereocenters. The molecule has 1 aromatic heterocycles. The molecule has 6 nitrogen and oxygen atoms in total. The fourth-order valence-electron chi connectivity index (χ4n) is 1.28. The average molecular weight is 291 g/mol. The summed E-state index contributed by atoms with van der Waals surface area (Å²) in [5.74, 6) is -1.21. The third-order valence-corrected chi connectivity index (χ3v) is 2.46. The van der Waals surface area contributed by atoms with Crippen LogP contribution >= 0.6 is 15.9 Å². The second kappa shape index (κ2) is 4.65. The number of carboxylic acid groups (broad SMARTS) is 1.